The van der Waals surface area contributed by atoms with E-state index in [0.29, 0.717) is 29.8 Å². The predicted octanol–water partition coefficient (Wildman–Crippen LogP) is 2.92. The number of anilines is 1. The van der Waals surface area contributed by atoms with Gasteiger partial charge in [-0.2, -0.15) is 5.26 Å². The Morgan fingerprint density at radius 2 is 2.07 bits per heavy atom. The van der Waals surface area contributed by atoms with Gasteiger partial charge in [0.05, 0.1) is 23.1 Å². The summed E-state index contributed by atoms with van der Waals surface area (Å²) in [5, 5.41) is 24.6. The van der Waals surface area contributed by atoms with Gasteiger partial charge in [0.1, 0.15) is 6.67 Å². The molecule has 4 rings (SSSR count). The molecular weight excluding hydrogens is 362 g/mol. The summed E-state index contributed by atoms with van der Waals surface area (Å²) < 4.78 is 5.73. The maximum Gasteiger partial charge on any atom is 0.247 e. The summed E-state index contributed by atoms with van der Waals surface area (Å²) in [5.74, 6) is 1.43. The fourth-order valence-corrected chi connectivity index (χ4v) is 3.35. The Kier molecular flexibility index (Phi) is 4.72. The number of aromatic nitrogens is 3. The SMILES string of the molecule is CN1CN(c2ccncc2)N=C1SCc1nnc(-c2cccc(C#N)c2)o1. The summed E-state index contributed by atoms with van der Waals surface area (Å²) in [6.07, 6.45) is 3.49. The van der Waals surface area contributed by atoms with Crippen LogP contribution < -0.4 is 5.01 Å². The van der Waals surface area contributed by atoms with Gasteiger partial charge >= 0.3 is 0 Å². The van der Waals surface area contributed by atoms with E-state index in [2.05, 4.69) is 31.3 Å². The van der Waals surface area contributed by atoms with Crippen LogP contribution in [0.3, 0.4) is 0 Å². The molecule has 3 heterocycles. The lowest BCUT2D eigenvalue weighted by Gasteiger charge is -2.15. The Labute approximate surface area is 160 Å². The number of amidine groups is 1. The number of nitrogens with zero attached hydrogens (tertiary/aromatic N) is 7. The molecule has 0 N–H and O–H groups in total. The van der Waals surface area contributed by atoms with E-state index >= 15 is 0 Å². The summed E-state index contributed by atoms with van der Waals surface area (Å²) >= 11 is 1.53. The molecule has 1 aliphatic heterocycles. The van der Waals surface area contributed by atoms with Crippen molar-refractivity contribution < 1.29 is 4.42 Å². The largest absolute Gasteiger partial charge is 0.420 e. The minimum Gasteiger partial charge on any atom is -0.420 e. The maximum atomic E-state index is 9.00. The van der Waals surface area contributed by atoms with Gasteiger partial charge in [0.15, 0.2) is 5.17 Å². The second-order valence-corrected chi connectivity index (χ2v) is 6.75. The molecule has 0 unspecified atom stereocenters. The van der Waals surface area contributed by atoms with Crippen LogP contribution in [0.25, 0.3) is 11.5 Å². The van der Waals surface area contributed by atoms with Crippen molar-refractivity contribution in [2.45, 2.75) is 5.75 Å². The van der Waals surface area contributed by atoms with E-state index in [1.165, 1.54) is 11.8 Å². The number of nitriles is 1. The highest BCUT2D eigenvalue weighted by molar-refractivity contribution is 8.13. The van der Waals surface area contributed by atoms with Crippen LogP contribution in [0.1, 0.15) is 11.5 Å². The summed E-state index contributed by atoms with van der Waals surface area (Å²) in [6, 6.07) is 13.0. The average Bonchev–Trinajstić information content (AvgIpc) is 3.34. The second-order valence-electron chi connectivity index (χ2n) is 5.81. The van der Waals surface area contributed by atoms with Gasteiger partial charge in [-0.3, -0.25) is 4.98 Å². The minimum atomic E-state index is 0.405. The van der Waals surface area contributed by atoms with E-state index in [-0.39, 0.29) is 0 Å². The van der Waals surface area contributed by atoms with Gasteiger partial charge in [-0.15, -0.1) is 15.3 Å². The van der Waals surface area contributed by atoms with Crippen LogP contribution in [0.15, 0.2) is 58.3 Å². The molecular formula is C18H15N7OS. The molecule has 134 valence electrons. The van der Waals surface area contributed by atoms with E-state index in [9.17, 15) is 0 Å². The van der Waals surface area contributed by atoms with E-state index in [1.807, 2.05) is 30.3 Å². The van der Waals surface area contributed by atoms with Crippen LogP contribution in [0.5, 0.6) is 0 Å². The van der Waals surface area contributed by atoms with Gasteiger partial charge < -0.3 is 9.32 Å². The van der Waals surface area contributed by atoms with Crippen molar-refractivity contribution in [1.82, 2.24) is 20.1 Å². The molecule has 0 radical (unpaired) electrons. The summed E-state index contributed by atoms with van der Waals surface area (Å²) in [5.41, 5.74) is 2.28. The Balaban J connectivity index is 1.43. The summed E-state index contributed by atoms with van der Waals surface area (Å²) in [4.78, 5) is 6.08. The molecule has 0 spiro atoms. The molecule has 0 atom stereocenters. The molecule has 27 heavy (non-hydrogen) atoms. The molecule has 8 nitrogen and oxygen atoms in total. The lowest BCUT2D eigenvalue weighted by atomic mass is 10.1. The first-order valence-electron chi connectivity index (χ1n) is 8.16. The molecule has 2 aromatic heterocycles. The number of hydrogen-bond acceptors (Lipinski definition) is 9. The predicted molar refractivity (Wildman–Crippen MR) is 103 cm³/mol. The standard InChI is InChI=1S/C18H15N7OS/c1-24-12-25(15-5-7-20-8-6-15)23-18(24)27-11-16-21-22-17(26-16)14-4-2-3-13(9-14)10-19/h2-9H,11-12H2,1H3. The van der Waals surface area contributed by atoms with Gasteiger partial charge in [0, 0.05) is 25.0 Å². The van der Waals surface area contributed by atoms with Crippen LogP contribution in [0, 0.1) is 11.3 Å². The van der Waals surface area contributed by atoms with Crippen molar-refractivity contribution in [3.8, 4) is 17.5 Å². The van der Waals surface area contributed by atoms with Crippen molar-refractivity contribution in [2.24, 2.45) is 5.10 Å². The van der Waals surface area contributed by atoms with E-state index < -0.39 is 0 Å². The fourth-order valence-electron chi connectivity index (χ4n) is 2.54. The smallest absolute Gasteiger partial charge is 0.247 e. The number of hydrogen-bond donors (Lipinski definition) is 0. The molecule has 0 fully saturated rings. The summed E-state index contributed by atoms with van der Waals surface area (Å²) in [7, 11) is 1.99. The third kappa shape index (κ3) is 3.75. The van der Waals surface area contributed by atoms with E-state index in [0.717, 1.165) is 16.4 Å². The first kappa shape index (κ1) is 17.1. The molecule has 1 aromatic carbocycles. The number of hydrazone groups is 1. The Hall–Kier alpha value is -3.38. The molecule has 0 saturated carbocycles. The monoisotopic (exact) mass is 377 g/mol. The van der Waals surface area contributed by atoms with E-state index in [4.69, 9.17) is 9.68 Å². The van der Waals surface area contributed by atoms with Gasteiger partial charge in [0.2, 0.25) is 11.8 Å². The Morgan fingerprint density at radius 1 is 1.22 bits per heavy atom. The normalized spacial score (nSPS) is 13.6. The van der Waals surface area contributed by atoms with Crippen LogP contribution in [-0.4, -0.2) is 39.0 Å². The second kappa shape index (κ2) is 7.47. The lowest BCUT2D eigenvalue weighted by Crippen LogP contribution is -2.25. The van der Waals surface area contributed by atoms with Crippen molar-refractivity contribution in [1.29, 1.82) is 5.26 Å². The van der Waals surface area contributed by atoms with Crippen LogP contribution in [0.2, 0.25) is 0 Å². The first-order chi connectivity index (χ1) is 13.2. The zero-order valence-electron chi connectivity index (χ0n) is 14.5. The molecule has 9 heteroatoms. The molecule has 0 saturated heterocycles. The minimum absolute atomic E-state index is 0.405. The van der Waals surface area contributed by atoms with Crippen LogP contribution in [0.4, 0.5) is 5.69 Å². The van der Waals surface area contributed by atoms with Gasteiger partial charge in [-0.05, 0) is 30.3 Å². The lowest BCUT2D eigenvalue weighted by molar-refractivity contribution is 0.528. The molecule has 1 aliphatic rings. The highest BCUT2D eigenvalue weighted by Crippen LogP contribution is 2.25. The topological polar surface area (TPSA) is 94.4 Å². The highest BCUT2D eigenvalue weighted by atomic mass is 32.2. The zero-order valence-corrected chi connectivity index (χ0v) is 15.3. The molecule has 0 aliphatic carbocycles. The Morgan fingerprint density at radius 3 is 2.89 bits per heavy atom. The fraction of sp³-hybridized carbons (Fsp3) is 0.167. The number of benzene rings is 1. The van der Waals surface area contributed by atoms with E-state index in [1.54, 1.807) is 30.6 Å². The maximum absolute atomic E-state index is 9.00. The number of rotatable bonds is 4. The number of thioether (sulfide) groups is 1. The average molecular weight is 377 g/mol. The quantitative estimate of drug-likeness (QED) is 0.685. The first-order valence-corrected chi connectivity index (χ1v) is 9.14. The van der Waals surface area contributed by atoms with Gasteiger partial charge in [-0.1, -0.05) is 17.8 Å². The molecule has 0 amide bonds. The third-order valence-electron chi connectivity index (χ3n) is 3.87. The van der Waals surface area contributed by atoms with Crippen LogP contribution >= 0.6 is 11.8 Å². The molecule has 0 bridgehead atoms. The Bertz CT molecular complexity index is 1010. The van der Waals surface area contributed by atoms with Crippen molar-refractivity contribution >= 4 is 22.6 Å². The number of pyridine rings is 1. The van der Waals surface area contributed by atoms with Gasteiger partial charge in [-0.25, -0.2) is 5.01 Å². The highest BCUT2D eigenvalue weighted by Gasteiger charge is 2.22. The third-order valence-corrected chi connectivity index (χ3v) is 4.91. The van der Waals surface area contributed by atoms with Crippen LogP contribution in [-0.2, 0) is 5.75 Å². The summed E-state index contributed by atoms with van der Waals surface area (Å²) in [6.45, 7) is 0.669. The van der Waals surface area contributed by atoms with Gasteiger partial charge in [0.25, 0.3) is 0 Å². The van der Waals surface area contributed by atoms with Crippen molar-refractivity contribution in [3.63, 3.8) is 0 Å². The van der Waals surface area contributed by atoms with Crippen molar-refractivity contribution in [2.75, 3.05) is 18.7 Å². The molecule has 3 aromatic rings. The zero-order chi connectivity index (χ0) is 18.6. The van der Waals surface area contributed by atoms with Crippen molar-refractivity contribution in [3.05, 3.63) is 60.2 Å².